The van der Waals surface area contributed by atoms with Crippen molar-refractivity contribution < 1.29 is 14.6 Å². The molecule has 0 aliphatic heterocycles. The number of aliphatic hydroxyl groups excluding tert-OH is 1. The maximum atomic E-state index is 12.0. The van der Waals surface area contributed by atoms with Gasteiger partial charge in [-0.15, -0.1) is 0 Å². The SMILES string of the molecule is CC(Oc1ccccc1)C(=O)NCc1ccccc1CO. The summed E-state index contributed by atoms with van der Waals surface area (Å²) in [6.45, 7) is 2.04. The lowest BCUT2D eigenvalue weighted by Crippen LogP contribution is -2.36. The van der Waals surface area contributed by atoms with Crippen molar-refractivity contribution in [1.82, 2.24) is 5.32 Å². The third kappa shape index (κ3) is 4.33. The third-order valence-electron chi connectivity index (χ3n) is 3.17. The zero-order valence-electron chi connectivity index (χ0n) is 12.0. The largest absolute Gasteiger partial charge is 0.481 e. The van der Waals surface area contributed by atoms with Gasteiger partial charge in [0, 0.05) is 6.54 Å². The summed E-state index contributed by atoms with van der Waals surface area (Å²) >= 11 is 0. The van der Waals surface area contributed by atoms with Crippen LogP contribution in [0.1, 0.15) is 18.1 Å². The zero-order valence-corrected chi connectivity index (χ0v) is 12.0. The molecule has 0 bridgehead atoms. The molecular formula is C17H19NO3. The van der Waals surface area contributed by atoms with Crippen LogP contribution in [0.5, 0.6) is 5.75 Å². The number of ether oxygens (including phenoxy) is 1. The van der Waals surface area contributed by atoms with E-state index in [1.165, 1.54) is 0 Å². The average Bonchev–Trinajstić information content (AvgIpc) is 2.53. The van der Waals surface area contributed by atoms with Crippen LogP contribution in [0.15, 0.2) is 54.6 Å². The summed E-state index contributed by atoms with van der Waals surface area (Å²) in [6.07, 6.45) is -0.575. The summed E-state index contributed by atoms with van der Waals surface area (Å²) in [5, 5.41) is 12.1. The molecule has 0 aromatic heterocycles. The molecule has 0 saturated carbocycles. The first-order valence-electron chi connectivity index (χ1n) is 6.87. The van der Waals surface area contributed by atoms with Gasteiger partial charge in [-0.1, -0.05) is 42.5 Å². The van der Waals surface area contributed by atoms with Gasteiger partial charge in [-0.3, -0.25) is 4.79 Å². The van der Waals surface area contributed by atoms with Crippen molar-refractivity contribution >= 4 is 5.91 Å². The summed E-state index contributed by atoms with van der Waals surface area (Å²) in [7, 11) is 0. The molecule has 0 radical (unpaired) electrons. The van der Waals surface area contributed by atoms with E-state index in [0.29, 0.717) is 12.3 Å². The topological polar surface area (TPSA) is 58.6 Å². The normalized spacial score (nSPS) is 11.7. The smallest absolute Gasteiger partial charge is 0.261 e. The molecule has 2 rings (SSSR count). The molecule has 110 valence electrons. The number of aliphatic hydroxyl groups is 1. The van der Waals surface area contributed by atoms with Gasteiger partial charge in [0.2, 0.25) is 0 Å². The first-order valence-corrected chi connectivity index (χ1v) is 6.87. The molecule has 1 amide bonds. The van der Waals surface area contributed by atoms with Gasteiger partial charge in [0.15, 0.2) is 6.10 Å². The van der Waals surface area contributed by atoms with E-state index in [9.17, 15) is 9.90 Å². The lowest BCUT2D eigenvalue weighted by Gasteiger charge is -2.15. The fourth-order valence-corrected chi connectivity index (χ4v) is 1.97. The molecule has 2 aromatic rings. The number of nitrogens with one attached hydrogen (secondary N) is 1. The van der Waals surface area contributed by atoms with Gasteiger partial charge in [0.1, 0.15) is 5.75 Å². The van der Waals surface area contributed by atoms with Crippen molar-refractivity contribution in [2.24, 2.45) is 0 Å². The third-order valence-corrected chi connectivity index (χ3v) is 3.17. The Kier molecular flexibility index (Phi) is 5.35. The first-order chi connectivity index (χ1) is 10.2. The van der Waals surface area contributed by atoms with Crippen LogP contribution >= 0.6 is 0 Å². The van der Waals surface area contributed by atoms with E-state index in [-0.39, 0.29) is 12.5 Å². The van der Waals surface area contributed by atoms with Gasteiger partial charge in [-0.05, 0) is 30.2 Å². The van der Waals surface area contributed by atoms with Crippen LogP contribution in [-0.4, -0.2) is 17.1 Å². The quantitative estimate of drug-likeness (QED) is 0.856. The molecule has 0 aliphatic rings. The summed E-state index contributed by atoms with van der Waals surface area (Å²) in [5.41, 5.74) is 1.72. The van der Waals surface area contributed by atoms with E-state index < -0.39 is 6.10 Å². The van der Waals surface area contributed by atoms with E-state index in [2.05, 4.69) is 5.32 Å². The predicted molar refractivity (Wildman–Crippen MR) is 80.7 cm³/mol. The van der Waals surface area contributed by atoms with E-state index in [1.807, 2.05) is 54.6 Å². The van der Waals surface area contributed by atoms with Crippen molar-refractivity contribution in [2.75, 3.05) is 0 Å². The van der Waals surface area contributed by atoms with Crippen LogP contribution in [0, 0.1) is 0 Å². The predicted octanol–water partition coefficient (Wildman–Crippen LogP) is 2.26. The Bertz CT molecular complexity index is 584. The van der Waals surface area contributed by atoms with Crippen molar-refractivity contribution in [3.05, 3.63) is 65.7 Å². The number of para-hydroxylation sites is 1. The highest BCUT2D eigenvalue weighted by molar-refractivity contribution is 5.80. The standard InChI is InChI=1S/C17H19NO3/c1-13(21-16-9-3-2-4-10-16)17(20)18-11-14-7-5-6-8-15(14)12-19/h2-10,13,19H,11-12H2,1H3,(H,18,20). The van der Waals surface area contributed by atoms with Gasteiger partial charge in [0.25, 0.3) is 5.91 Å². The first kappa shape index (κ1) is 15.1. The fraction of sp³-hybridized carbons (Fsp3) is 0.235. The molecule has 21 heavy (non-hydrogen) atoms. The van der Waals surface area contributed by atoms with Gasteiger partial charge >= 0.3 is 0 Å². The van der Waals surface area contributed by atoms with Crippen LogP contribution < -0.4 is 10.1 Å². The Hall–Kier alpha value is -2.33. The molecular weight excluding hydrogens is 266 g/mol. The number of hydrogen-bond acceptors (Lipinski definition) is 3. The Morgan fingerprint density at radius 3 is 2.38 bits per heavy atom. The highest BCUT2D eigenvalue weighted by atomic mass is 16.5. The molecule has 4 nitrogen and oxygen atoms in total. The molecule has 1 atom stereocenters. The molecule has 0 heterocycles. The van der Waals surface area contributed by atoms with Gasteiger partial charge in [0.05, 0.1) is 6.61 Å². The average molecular weight is 285 g/mol. The lowest BCUT2D eigenvalue weighted by molar-refractivity contribution is -0.127. The van der Waals surface area contributed by atoms with Crippen molar-refractivity contribution in [1.29, 1.82) is 0 Å². The fourth-order valence-electron chi connectivity index (χ4n) is 1.97. The summed E-state index contributed by atoms with van der Waals surface area (Å²) in [6, 6.07) is 16.7. The summed E-state index contributed by atoms with van der Waals surface area (Å²) in [5.74, 6) is 0.475. The molecule has 0 spiro atoms. The van der Waals surface area contributed by atoms with Crippen LogP contribution in [0.4, 0.5) is 0 Å². The second-order valence-electron chi connectivity index (χ2n) is 4.72. The Morgan fingerprint density at radius 1 is 1.10 bits per heavy atom. The van der Waals surface area contributed by atoms with Crippen LogP contribution in [0.3, 0.4) is 0 Å². The van der Waals surface area contributed by atoms with E-state index in [0.717, 1.165) is 11.1 Å². The Balaban J connectivity index is 1.89. The molecule has 0 fully saturated rings. The van der Waals surface area contributed by atoms with Crippen molar-refractivity contribution in [3.63, 3.8) is 0 Å². The number of carbonyl (C=O) groups excluding carboxylic acids is 1. The van der Waals surface area contributed by atoms with Crippen LogP contribution in [-0.2, 0) is 17.9 Å². The van der Waals surface area contributed by atoms with Gasteiger partial charge in [-0.2, -0.15) is 0 Å². The van der Waals surface area contributed by atoms with Gasteiger partial charge < -0.3 is 15.2 Å². The van der Waals surface area contributed by atoms with Crippen LogP contribution in [0.2, 0.25) is 0 Å². The maximum Gasteiger partial charge on any atom is 0.261 e. The highest BCUT2D eigenvalue weighted by Gasteiger charge is 2.14. The van der Waals surface area contributed by atoms with E-state index in [4.69, 9.17) is 4.74 Å². The van der Waals surface area contributed by atoms with E-state index in [1.54, 1.807) is 6.92 Å². The number of benzene rings is 2. The molecule has 0 saturated heterocycles. The number of rotatable bonds is 6. The number of amides is 1. The molecule has 1 unspecified atom stereocenters. The lowest BCUT2D eigenvalue weighted by atomic mass is 10.1. The minimum absolute atomic E-state index is 0.0396. The van der Waals surface area contributed by atoms with Crippen LogP contribution in [0.25, 0.3) is 0 Å². The monoisotopic (exact) mass is 285 g/mol. The second-order valence-corrected chi connectivity index (χ2v) is 4.72. The number of carbonyl (C=O) groups is 1. The molecule has 4 heteroatoms. The van der Waals surface area contributed by atoms with E-state index >= 15 is 0 Å². The second kappa shape index (κ2) is 7.45. The molecule has 0 aliphatic carbocycles. The minimum Gasteiger partial charge on any atom is -0.481 e. The Labute approximate surface area is 124 Å². The summed E-state index contributed by atoms with van der Waals surface area (Å²) < 4.78 is 5.56. The molecule has 2 aromatic carbocycles. The highest BCUT2D eigenvalue weighted by Crippen LogP contribution is 2.11. The van der Waals surface area contributed by atoms with Crippen molar-refractivity contribution in [2.45, 2.75) is 26.2 Å². The van der Waals surface area contributed by atoms with Crippen molar-refractivity contribution in [3.8, 4) is 5.75 Å². The summed E-state index contributed by atoms with van der Waals surface area (Å²) in [4.78, 5) is 12.0. The minimum atomic E-state index is -0.575. The number of hydrogen-bond donors (Lipinski definition) is 2. The van der Waals surface area contributed by atoms with Gasteiger partial charge in [-0.25, -0.2) is 0 Å². The Morgan fingerprint density at radius 2 is 1.71 bits per heavy atom. The maximum absolute atomic E-state index is 12.0. The zero-order chi connectivity index (χ0) is 15.1. The molecule has 2 N–H and O–H groups in total.